The van der Waals surface area contributed by atoms with Crippen molar-refractivity contribution in [2.75, 3.05) is 26.3 Å². The molecule has 2 nitrogen and oxygen atoms in total. The van der Waals surface area contributed by atoms with Gasteiger partial charge in [-0.05, 0) is 37.2 Å². The second-order valence-electron chi connectivity index (χ2n) is 6.02. The van der Waals surface area contributed by atoms with E-state index in [1.54, 1.807) is 0 Å². The predicted molar refractivity (Wildman–Crippen MR) is 86.2 cm³/mol. The van der Waals surface area contributed by atoms with Crippen LogP contribution in [0.4, 0.5) is 0 Å². The molecule has 0 bridgehead atoms. The molecule has 0 N–H and O–H groups in total. The number of ether oxygens (including phenoxy) is 1. The summed E-state index contributed by atoms with van der Waals surface area (Å²) >= 11 is 3.78. The Labute approximate surface area is 130 Å². The molecular formula is C17H24BrNO. The molecule has 0 radical (unpaired) electrons. The molecule has 0 spiro atoms. The molecule has 1 aliphatic carbocycles. The number of rotatable bonds is 3. The number of benzene rings is 1. The number of hydrogen-bond donors (Lipinski definition) is 0. The van der Waals surface area contributed by atoms with E-state index in [1.807, 2.05) is 0 Å². The lowest BCUT2D eigenvalue weighted by Crippen LogP contribution is -2.42. The molecule has 1 saturated carbocycles. The maximum Gasteiger partial charge on any atom is 0.0594 e. The summed E-state index contributed by atoms with van der Waals surface area (Å²) in [5.41, 5.74) is 1.49. The van der Waals surface area contributed by atoms with Gasteiger partial charge < -0.3 is 4.74 Å². The summed E-state index contributed by atoms with van der Waals surface area (Å²) < 4.78 is 5.54. The molecule has 1 heterocycles. The Kier molecular flexibility index (Phi) is 5.14. The monoisotopic (exact) mass is 337 g/mol. The fourth-order valence-electron chi connectivity index (χ4n) is 3.68. The predicted octanol–water partition coefficient (Wildman–Crippen LogP) is 4.01. The van der Waals surface area contributed by atoms with Crippen LogP contribution >= 0.6 is 15.9 Å². The van der Waals surface area contributed by atoms with Crippen LogP contribution in [0, 0.1) is 5.92 Å². The zero-order chi connectivity index (χ0) is 13.8. The second-order valence-corrected chi connectivity index (χ2v) is 7.31. The fraction of sp³-hybridized carbons (Fsp3) is 0.647. The number of alkyl halides is 1. The van der Waals surface area contributed by atoms with Crippen LogP contribution in [0.15, 0.2) is 30.3 Å². The van der Waals surface area contributed by atoms with Gasteiger partial charge in [-0.3, -0.25) is 4.90 Å². The molecule has 1 atom stereocenters. The van der Waals surface area contributed by atoms with E-state index >= 15 is 0 Å². The number of morpholine rings is 1. The maximum absolute atomic E-state index is 5.54. The Morgan fingerprint density at radius 1 is 1.00 bits per heavy atom. The third-order valence-corrected chi connectivity index (χ3v) is 5.64. The lowest BCUT2D eigenvalue weighted by Gasteiger charge is -2.41. The first-order valence-corrected chi connectivity index (χ1v) is 8.77. The molecule has 0 amide bonds. The van der Waals surface area contributed by atoms with Crippen molar-refractivity contribution >= 4 is 15.9 Å². The highest BCUT2D eigenvalue weighted by Gasteiger charge is 2.32. The molecule has 1 aromatic rings. The topological polar surface area (TPSA) is 12.5 Å². The quantitative estimate of drug-likeness (QED) is 0.772. The molecule has 110 valence electrons. The van der Waals surface area contributed by atoms with Gasteiger partial charge in [0.25, 0.3) is 0 Å². The van der Waals surface area contributed by atoms with E-state index in [1.165, 1.54) is 31.2 Å². The summed E-state index contributed by atoms with van der Waals surface area (Å²) in [6, 6.07) is 11.7. The van der Waals surface area contributed by atoms with Gasteiger partial charge in [0.05, 0.1) is 13.2 Å². The zero-order valence-electron chi connectivity index (χ0n) is 12.0. The van der Waals surface area contributed by atoms with Gasteiger partial charge in [-0.1, -0.05) is 46.3 Å². The van der Waals surface area contributed by atoms with Crippen LogP contribution in [0.25, 0.3) is 0 Å². The standard InChI is InChI=1S/C17H24BrNO/c18-16-8-6-15(7-9-16)17(14-4-2-1-3-5-14)19-10-12-20-13-11-19/h1-5,15-17H,6-13H2. The van der Waals surface area contributed by atoms with Crippen LogP contribution in [-0.2, 0) is 4.74 Å². The minimum absolute atomic E-state index is 0.583. The molecule has 3 rings (SSSR count). The molecule has 2 aliphatic rings. The molecule has 0 aromatic heterocycles. The zero-order valence-corrected chi connectivity index (χ0v) is 13.6. The van der Waals surface area contributed by atoms with Crippen LogP contribution in [-0.4, -0.2) is 36.0 Å². The first-order valence-electron chi connectivity index (χ1n) is 7.85. The third kappa shape index (κ3) is 3.44. The van der Waals surface area contributed by atoms with Crippen LogP contribution in [0.1, 0.15) is 37.3 Å². The van der Waals surface area contributed by atoms with E-state index in [0.29, 0.717) is 6.04 Å². The minimum Gasteiger partial charge on any atom is -0.379 e. The normalized spacial score (nSPS) is 30.1. The van der Waals surface area contributed by atoms with E-state index in [9.17, 15) is 0 Å². The van der Waals surface area contributed by atoms with Gasteiger partial charge in [-0.15, -0.1) is 0 Å². The van der Waals surface area contributed by atoms with Crippen molar-refractivity contribution in [3.63, 3.8) is 0 Å². The van der Waals surface area contributed by atoms with E-state index in [0.717, 1.165) is 37.0 Å². The van der Waals surface area contributed by atoms with Gasteiger partial charge in [-0.2, -0.15) is 0 Å². The van der Waals surface area contributed by atoms with E-state index < -0.39 is 0 Å². The fourth-order valence-corrected chi connectivity index (χ4v) is 4.21. The maximum atomic E-state index is 5.54. The van der Waals surface area contributed by atoms with Crippen molar-refractivity contribution in [3.05, 3.63) is 35.9 Å². The van der Waals surface area contributed by atoms with Gasteiger partial charge in [0.2, 0.25) is 0 Å². The van der Waals surface area contributed by atoms with Crippen molar-refractivity contribution < 1.29 is 4.74 Å². The van der Waals surface area contributed by atoms with Crippen molar-refractivity contribution in [3.8, 4) is 0 Å². The Morgan fingerprint density at radius 3 is 2.30 bits per heavy atom. The molecule has 2 fully saturated rings. The Bertz CT molecular complexity index is 397. The minimum atomic E-state index is 0.583. The molecule has 1 aliphatic heterocycles. The van der Waals surface area contributed by atoms with Crippen molar-refractivity contribution in [1.29, 1.82) is 0 Å². The summed E-state index contributed by atoms with van der Waals surface area (Å²) in [7, 11) is 0. The Hall–Kier alpha value is -0.380. The molecular weight excluding hydrogens is 314 g/mol. The summed E-state index contributed by atoms with van der Waals surface area (Å²) in [6.07, 6.45) is 5.32. The van der Waals surface area contributed by atoms with Crippen LogP contribution in [0.2, 0.25) is 0 Å². The SMILES string of the molecule is BrC1CCC(C(c2ccccc2)N2CCOCC2)CC1. The average Bonchev–Trinajstić information content (AvgIpc) is 2.52. The summed E-state index contributed by atoms with van der Waals surface area (Å²) in [5.74, 6) is 0.796. The van der Waals surface area contributed by atoms with Crippen LogP contribution in [0.5, 0.6) is 0 Å². The largest absolute Gasteiger partial charge is 0.379 e. The highest BCUT2D eigenvalue weighted by molar-refractivity contribution is 9.09. The summed E-state index contributed by atoms with van der Waals surface area (Å²) in [5, 5.41) is 0. The molecule has 1 saturated heterocycles. The van der Waals surface area contributed by atoms with Crippen molar-refractivity contribution in [2.24, 2.45) is 5.92 Å². The molecule has 3 heteroatoms. The number of hydrogen-bond acceptors (Lipinski definition) is 2. The first-order chi connectivity index (χ1) is 9.84. The van der Waals surface area contributed by atoms with Gasteiger partial charge >= 0.3 is 0 Å². The van der Waals surface area contributed by atoms with Gasteiger partial charge in [-0.25, -0.2) is 0 Å². The first kappa shape index (κ1) is 14.6. The second kappa shape index (κ2) is 7.06. The number of nitrogens with zero attached hydrogens (tertiary/aromatic N) is 1. The van der Waals surface area contributed by atoms with E-state index in [2.05, 4.69) is 51.2 Å². The molecule has 1 unspecified atom stereocenters. The third-order valence-electron chi connectivity index (χ3n) is 4.73. The highest BCUT2D eigenvalue weighted by Crippen LogP contribution is 2.40. The average molecular weight is 338 g/mol. The lowest BCUT2D eigenvalue weighted by molar-refractivity contribution is -0.00285. The summed E-state index contributed by atoms with van der Waals surface area (Å²) in [4.78, 5) is 3.39. The van der Waals surface area contributed by atoms with Crippen molar-refractivity contribution in [2.45, 2.75) is 36.6 Å². The van der Waals surface area contributed by atoms with Gasteiger partial charge in [0.15, 0.2) is 0 Å². The van der Waals surface area contributed by atoms with Gasteiger partial charge in [0, 0.05) is 24.0 Å². The van der Waals surface area contributed by atoms with Gasteiger partial charge in [0.1, 0.15) is 0 Å². The van der Waals surface area contributed by atoms with Crippen LogP contribution in [0.3, 0.4) is 0 Å². The highest BCUT2D eigenvalue weighted by atomic mass is 79.9. The Balaban J connectivity index is 1.79. The molecule has 20 heavy (non-hydrogen) atoms. The summed E-state index contributed by atoms with van der Waals surface area (Å²) in [6.45, 7) is 3.93. The smallest absolute Gasteiger partial charge is 0.0594 e. The lowest BCUT2D eigenvalue weighted by atomic mass is 9.80. The Morgan fingerprint density at radius 2 is 1.65 bits per heavy atom. The molecule has 1 aromatic carbocycles. The van der Waals surface area contributed by atoms with Crippen LogP contribution < -0.4 is 0 Å². The number of halogens is 1. The van der Waals surface area contributed by atoms with E-state index in [4.69, 9.17) is 4.74 Å². The van der Waals surface area contributed by atoms with E-state index in [-0.39, 0.29) is 0 Å². The van der Waals surface area contributed by atoms with Crippen molar-refractivity contribution in [1.82, 2.24) is 4.90 Å².